The van der Waals surface area contributed by atoms with E-state index in [1.807, 2.05) is 79.4 Å². The highest BCUT2D eigenvalue weighted by Gasteiger charge is 2.29. The molecule has 1 fully saturated rings. The summed E-state index contributed by atoms with van der Waals surface area (Å²) >= 11 is 0. The van der Waals surface area contributed by atoms with Crippen molar-refractivity contribution in [1.29, 1.82) is 0 Å². The van der Waals surface area contributed by atoms with Crippen molar-refractivity contribution in [2.45, 2.75) is 33.2 Å². The second-order valence-electron chi connectivity index (χ2n) is 9.30. The second-order valence-corrected chi connectivity index (χ2v) is 9.30. The smallest absolute Gasteiger partial charge is 0.295 e. The zero-order chi connectivity index (χ0) is 24.4. The van der Waals surface area contributed by atoms with Gasteiger partial charge in [-0.2, -0.15) is 0 Å². The van der Waals surface area contributed by atoms with E-state index in [9.17, 15) is 9.59 Å². The number of benzene rings is 2. The molecule has 1 aliphatic rings. The number of amides is 1. The Hall–Kier alpha value is -4.00. The Balaban J connectivity index is 1.44. The van der Waals surface area contributed by atoms with Gasteiger partial charge in [0.25, 0.3) is 5.56 Å². The molecule has 7 heteroatoms. The predicted molar refractivity (Wildman–Crippen MR) is 139 cm³/mol. The van der Waals surface area contributed by atoms with Crippen molar-refractivity contribution >= 4 is 28.6 Å². The average Bonchev–Trinajstić information content (AvgIpc) is 2.87. The highest BCUT2D eigenvalue weighted by molar-refractivity contribution is 5.93. The van der Waals surface area contributed by atoms with Gasteiger partial charge in [0, 0.05) is 25.0 Å². The summed E-state index contributed by atoms with van der Waals surface area (Å²) in [4.78, 5) is 37.8. The van der Waals surface area contributed by atoms with Gasteiger partial charge in [0.15, 0.2) is 11.5 Å². The van der Waals surface area contributed by atoms with Gasteiger partial charge in [0.1, 0.15) is 5.52 Å². The van der Waals surface area contributed by atoms with Crippen molar-refractivity contribution in [3.05, 3.63) is 93.9 Å². The Kier molecular flexibility index (Phi) is 6.31. The number of anilines is 2. The monoisotopic (exact) mass is 467 g/mol. The van der Waals surface area contributed by atoms with Gasteiger partial charge in [0.05, 0.1) is 12.5 Å². The van der Waals surface area contributed by atoms with Crippen molar-refractivity contribution < 1.29 is 4.79 Å². The molecule has 7 nitrogen and oxygen atoms in total. The summed E-state index contributed by atoms with van der Waals surface area (Å²) in [5.41, 5.74) is 5.13. The Morgan fingerprint density at radius 2 is 1.89 bits per heavy atom. The standard InChI is InChI=1S/C28H29N5O2/c1-19-10-12-21(13-11-19)17-33-25-24(9-4-14-29-25)31-26(28(33)35)32-15-5-7-22(18-32)27(34)30-23-8-3-6-20(2)16-23/h3-4,6,8-14,16,22H,5,7,15,17-18H2,1-2H3,(H,30,34)/t22-/m0/s1. The van der Waals surface area contributed by atoms with E-state index in [1.165, 1.54) is 5.56 Å². The summed E-state index contributed by atoms with van der Waals surface area (Å²) in [5.74, 6) is 0.133. The third kappa shape index (κ3) is 4.94. The molecule has 35 heavy (non-hydrogen) atoms. The summed E-state index contributed by atoms with van der Waals surface area (Å²) in [6.45, 7) is 5.59. The number of hydrogen-bond acceptors (Lipinski definition) is 5. The molecule has 2 aromatic heterocycles. The first-order valence-corrected chi connectivity index (χ1v) is 12.0. The van der Waals surface area contributed by atoms with Gasteiger partial charge in [-0.25, -0.2) is 9.97 Å². The van der Waals surface area contributed by atoms with E-state index in [2.05, 4.69) is 10.3 Å². The molecule has 0 radical (unpaired) electrons. The summed E-state index contributed by atoms with van der Waals surface area (Å²) in [6.07, 6.45) is 3.28. The minimum absolute atomic E-state index is 0.0252. The quantitative estimate of drug-likeness (QED) is 0.473. The van der Waals surface area contributed by atoms with Crippen molar-refractivity contribution in [3.63, 3.8) is 0 Å². The van der Waals surface area contributed by atoms with Crippen molar-refractivity contribution in [3.8, 4) is 0 Å². The van der Waals surface area contributed by atoms with Crippen LogP contribution in [0.3, 0.4) is 0 Å². The molecule has 3 heterocycles. The van der Waals surface area contributed by atoms with Crippen LogP contribution in [0.2, 0.25) is 0 Å². The van der Waals surface area contributed by atoms with Crippen molar-refractivity contribution in [1.82, 2.24) is 14.5 Å². The molecule has 178 valence electrons. The minimum Gasteiger partial charge on any atom is -0.351 e. The lowest BCUT2D eigenvalue weighted by Gasteiger charge is -2.32. The fraction of sp³-hybridized carbons (Fsp3) is 0.286. The molecule has 0 aliphatic carbocycles. The fourth-order valence-electron chi connectivity index (χ4n) is 4.64. The number of piperidine rings is 1. The van der Waals surface area contributed by atoms with Gasteiger partial charge in [-0.05, 0) is 62.1 Å². The maximum Gasteiger partial charge on any atom is 0.295 e. The molecule has 1 aliphatic heterocycles. The average molecular weight is 468 g/mol. The van der Waals surface area contributed by atoms with Crippen LogP contribution in [0.25, 0.3) is 11.2 Å². The number of aromatic nitrogens is 3. The number of nitrogens with zero attached hydrogens (tertiary/aromatic N) is 4. The number of hydrogen-bond donors (Lipinski definition) is 1. The lowest BCUT2D eigenvalue weighted by atomic mass is 9.97. The van der Waals surface area contributed by atoms with Crippen LogP contribution in [0.1, 0.15) is 29.5 Å². The predicted octanol–water partition coefficient (Wildman–Crippen LogP) is 4.31. The van der Waals surface area contributed by atoms with E-state index in [4.69, 9.17) is 4.98 Å². The molecule has 1 atom stereocenters. The Bertz CT molecular complexity index is 1430. The summed E-state index contributed by atoms with van der Waals surface area (Å²) in [7, 11) is 0. The van der Waals surface area contributed by atoms with Crippen molar-refractivity contribution in [2.75, 3.05) is 23.3 Å². The second kappa shape index (κ2) is 9.70. The van der Waals surface area contributed by atoms with Gasteiger partial charge >= 0.3 is 0 Å². The van der Waals surface area contributed by atoms with E-state index in [1.54, 1.807) is 10.8 Å². The zero-order valence-electron chi connectivity index (χ0n) is 20.1. The first-order valence-electron chi connectivity index (χ1n) is 12.0. The number of rotatable bonds is 5. The van der Waals surface area contributed by atoms with Gasteiger partial charge in [-0.15, -0.1) is 0 Å². The molecule has 0 saturated carbocycles. The number of carbonyl (C=O) groups excluding carboxylic acids is 1. The lowest BCUT2D eigenvalue weighted by molar-refractivity contribution is -0.120. The fourth-order valence-corrected chi connectivity index (χ4v) is 4.64. The molecule has 0 unspecified atom stereocenters. The van der Waals surface area contributed by atoms with Crippen LogP contribution in [0.5, 0.6) is 0 Å². The largest absolute Gasteiger partial charge is 0.351 e. The highest BCUT2D eigenvalue weighted by atomic mass is 16.2. The molecule has 1 saturated heterocycles. The summed E-state index contributed by atoms with van der Waals surface area (Å²) in [5, 5.41) is 3.04. The summed E-state index contributed by atoms with van der Waals surface area (Å²) in [6, 6.07) is 19.6. The maximum atomic E-state index is 13.7. The first-order chi connectivity index (χ1) is 17.0. The molecule has 1 N–H and O–H groups in total. The van der Waals surface area contributed by atoms with Crippen LogP contribution in [-0.4, -0.2) is 33.5 Å². The van der Waals surface area contributed by atoms with Crippen molar-refractivity contribution in [2.24, 2.45) is 5.92 Å². The van der Waals surface area contributed by atoms with Crippen LogP contribution in [0, 0.1) is 19.8 Å². The number of nitrogens with one attached hydrogen (secondary N) is 1. The van der Waals surface area contributed by atoms with Crippen LogP contribution in [-0.2, 0) is 11.3 Å². The molecule has 0 spiro atoms. The Morgan fingerprint density at radius 1 is 1.06 bits per heavy atom. The van der Waals surface area contributed by atoms with E-state index in [0.717, 1.165) is 29.7 Å². The first kappa shape index (κ1) is 22.8. The zero-order valence-corrected chi connectivity index (χ0v) is 20.1. The van der Waals surface area contributed by atoms with Gasteiger partial charge < -0.3 is 10.2 Å². The molecule has 5 rings (SSSR count). The highest BCUT2D eigenvalue weighted by Crippen LogP contribution is 2.23. The molecule has 0 bridgehead atoms. The van der Waals surface area contributed by atoms with E-state index in [0.29, 0.717) is 36.6 Å². The van der Waals surface area contributed by atoms with Crippen LogP contribution in [0.15, 0.2) is 71.7 Å². The number of pyridine rings is 1. The van der Waals surface area contributed by atoms with Gasteiger partial charge in [-0.3, -0.25) is 14.2 Å². The topological polar surface area (TPSA) is 80.1 Å². The lowest BCUT2D eigenvalue weighted by Crippen LogP contribution is -2.44. The third-order valence-corrected chi connectivity index (χ3v) is 6.52. The molecule has 2 aromatic carbocycles. The van der Waals surface area contributed by atoms with Crippen LogP contribution in [0.4, 0.5) is 11.5 Å². The van der Waals surface area contributed by atoms with Gasteiger partial charge in [-0.1, -0.05) is 42.0 Å². The van der Waals surface area contributed by atoms with E-state index >= 15 is 0 Å². The molecular formula is C28H29N5O2. The molecular weight excluding hydrogens is 438 g/mol. The van der Waals surface area contributed by atoms with Crippen LogP contribution >= 0.6 is 0 Å². The summed E-state index contributed by atoms with van der Waals surface area (Å²) < 4.78 is 1.69. The minimum atomic E-state index is -0.222. The van der Waals surface area contributed by atoms with E-state index < -0.39 is 0 Å². The maximum absolute atomic E-state index is 13.7. The number of carbonyl (C=O) groups is 1. The Morgan fingerprint density at radius 3 is 2.69 bits per heavy atom. The van der Waals surface area contributed by atoms with Crippen LogP contribution < -0.4 is 15.8 Å². The molecule has 1 amide bonds. The third-order valence-electron chi connectivity index (χ3n) is 6.52. The number of aryl methyl sites for hydroxylation is 2. The Labute approximate surface area is 204 Å². The van der Waals surface area contributed by atoms with Gasteiger partial charge in [0.2, 0.25) is 5.91 Å². The number of fused-ring (bicyclic) bond motifs is 1. The van der Waals surface area contributed by atoms with E-state index in [-0.39, 0.29) is 17.4 Å². The molecule has 4 aromatic rings. The normalized spacial score (nSPS) is 15.8. The SMILES string of the molecule is Cc1ccc(Cn2c(=O)c(N3CCC[C@H](C(=O)Nc4cccc(C)c4)C3)nc3cccnc32)cc1.